The summed E-state index contributed by atoms with van der Waals surface area (Å²) in [5, 5.41) is 0.0527. The second-order valence-electron chi connectivity index (χ2n) is 7.86. The van der Waals surface area contributed by atoms with Crippen LogP contribution in [0.2, 0.25) is 0 Å². The molecule has 0 aromatic carbocycles. The minimum atomic E-state index is -0.558. The molecule has 3 rings (SSSR count). The molecule has 0 aliphatic carbocycles. The summed E-state index contributed by atoms with van der Waals surface area (Å²) in [5.74, 6) is 1.06. The van der Waals surface area contributed by atoms with Gasteiger partial charge in [-0.15, -0.1) is 0 Å². The molecule has 1 unspecified atom stereocenters. The first-order chi connectivity index (χ1) is 12.6. The number of amides is 2. The van der Waals surface area contributed by atoms with Gasteiger partial charge in [-0.3, -0.25) is 19.4 Å². The van der Waals surface area contributed by atoms with E-state index in [4.69, 9.17) is 4.74 Å². The van der Waals surface area contributed by atoms with Gasteiger partial charge in [0.1, 0.15) is 5.60 Å². The van der Waals surface area contributed by atoms with Crippen LogP contribution in [0.25, 0.3) is 0 Å². The van der Waals surface area contributed by atoms with Crippen LogP contribution in [-0.4, -0.2) is 49.9 Å². The summed E-state index contributed by atoms with van der Waals surface area (Å²) in [4.78, 5) is 47.7. The average molecular weight is 392 g/mol. The van der Waals surface area contributed by atoms with Crippen LogP contribution in [0.15, 0.2) is 6.20 Å². The maximum absolute atomic E-state index is 12.3. The Morgan fingerprint density at radius 1 is 1.33 bits per heavy atom. The summed E-state index contributed by atoms with van der Waals surface area (Å²) in [6, 6.07) is 0. The van der Waals surface area contributed by atoms with Crippen molar-refractivity contribution in [1.29, 1.82) is 0 Å². The molecule has 0 spiro atoms. The van der Waals surface area contributed by atoms with E-state index in [-0.39, 0.29) is 23.0 Å². The Bertz CT molecular complexity index is 777. The first kappa shape index (κ1) is 19.6. The zero-order chi connectivity index (χ0) is 19.8. The van der Waals surface area contributed by atoms with E-state index in [0.717, 1.165) is 11.3 Å². The molecule has 27 heavy (non-hydrogen) atoms. The van der Waals surface area contributed by atoms with Gasteiger partial charge in [-0.2, -0.15) is 0 Å². The average Bonchev–Trinajstić information content (AvgIpc) is 3.14. The molecule has 0 radical (unpaired) electrons. The molecule has 1 fully saturated rings. The molecule has 1 saturated heterocycles. The first-order valence-corrected chi connectivity index (χ1v) is 9.87. The van der Waals surface area contributed by atoms with E-state index in [1.165, 1.54) is 18.7 Å². The van der Waals surface area contributed by atoms with Gasteiger partial charge in [0.05, 0.1) is 18.8 Å². The number of rotatable bonds is 3. The van der Waals surface area contributed by atoms with Gasteiger partial charge in [0, 0.05) is 37.4 Å². The number of aromatic nitrogens is 2. The van der Waals surface area contributed by atoms with Crippen LogP contribution in [-0.2, 0) is 27.4 Å². The molecule has 0 saturated carbocycles. The highest BCUT2D eigenvalue weighted by molar-refractivity contribution is 8.13. The van der Waals surface area contributed by atoms with Crippen molar-refractivity contribution in [3.8, 4) is 0 Å². The molecular weight excluding hydrogens is 368 g/mol. The van der Waals surface area contributed by atoms with E-state index >= 15 is 0 Å². The SMILES string of the molecule is CC(=O)SCC1CC(=O)N(c2ncc3c(n2)CN(C(=O)OC(C)(C)C)C3)C1. The predicted octanol–water partition coefficient (Wildman–Crippen LogP) is 2.36. The zero-order valence-corrected chi connectivity index (χ0v) is 16.8. The van der Waals surface area contributed by atoms with Gasteiger partial charge in [-0.05, 0) is 26.7 Å². The molecule has 2 aliphatic rings. The minimum Gasteiger partial charge on any atom is -0.444 e. The third-order valence-corrected chi connectivity index (χ3v) is 5.31. The van der Waals surface area contributed by atoms with Crippen molar-refractivity contribution in [2.75, 3.05) is 17.2 Å². The van der Waals surface area contributed by atoms with Gasteiger partial charge >= 0.3 is 6.09 Å². The fourth-order valence-electron chi connectivity index (χ4n) is 3.05. The van der Waals surface area contributed by atoms with Crippen LogP contribution in [0.3, 0.4) is 0 Å². The van der Waals surface area contributed by atoms with E-state index in [9.17, 15) is 14.4 Å². The van der Waals surface area contributed by atoms with Crippen molar-refractivity contribution >= 4 is 34.8 Å². The number of thioether (sulfide) groups is 1. The molecule has 2 amide bonds. The van der Waals surface area contributed by atoms with Crippen LogP contribution < -0.4 is 4.90 Å². The van der Waals surface area contributed by atoms with E-state index in [2.05, 4.69) is 9.97 Å². The highest BCUT2D eigenvalue weighted by Gasteiger charge is 2.34. The number of hydrogen-bond donors (Lipinski definition) is 0. The lowest BCUT2D eigenvalue weighted by Gasteiger charge is -2.23. The standard InChI is InChI=1S/C18H24N4O4S/c1-11(23)27-10-12-5-15(24)22(7-12)16-19-6-13-8-21(9-14(13)20-16)17(25)26-18(2,3)4/h6,12H,5,7-10H2,1-4H3. The fourth-order valence-corrected chi connectivity index (χ4v) is 3.74. The fraction of sp³-hybridized carbons (Fsp3) is 0.611. The third kappa shape index (κ3) is 4.77. The summed E-state index contributed by atoms with van der Waals surface area (Å²) in [7, 11) is 0. The topological polar surface area (TPSA) is 92.7 Å². The molecule has 146 valence electrons. The normalized spacial score (nSPS) is 19.4. The Hall–Kier alpha value is -2.16. The molecule has 9 heteroatoms. The molecule has 0 bridgehead atoms. The van der Waals surface area contributed by atoms with Gasteiger partial charge in [0.25, 0.3) is 0 Å². The van der Waals surface area contributed by atoms with Gasteiger partial charge < -0.3 is 4.74 Å². The summed E-state index contributed by atoms with van der Waals surface area (Å²) < 4.78 is 5.40. The van der Waals surface area contributed by atoms with Crippen molar-refractivity contribution in [2.45, 2.75) is 52.8 Å². The van der Waals surface area contributed by atoms with Gasteiger partial charge in [0.15, 0.2) is 5.12 Å². The van der Waals surface area contributed by atoms with Gasteiger partial charge in [-0.1, -0.05) is 11.8 Å². The number of fused-ring (bicyclic) bond motifs is 1. The quantitative estimate of drug-likeness (QED) is 0.779. The van der Waals surface area contributed by atoms with Crippen LogP contribution in [0.5, 0.6) is 0 Å². The number of anilines is 1. The lowest BCUT2D eigenvalue weighted by atomic mass is 10.1. The number of carbonyl (C=O) groups is 3. The van der Waals surface area contributed by atoms with E-state index in [1.807, 2.05) is 20.8 Å². The molecule has 1 atom stereocenters. The second kappa shape index (κ2) is 7.46. The van der Waals surface area contributed by atoms with Crippen molar-refractivity contribution < 1.29 is 19.1 Å². The van der Waals surface area contributed by atoms with Crippen molar-refractivity contribution in [2.24, 2.45) is 5.92 Å². The third-order valence-electron chi connectivity index (χ3n) is 4.26. The Morgan fingerprint density at radius 2 is 2.07 bits per heavy atom. The Morgan fingerprint density at radius 3 is 2.74 bits per heavy atom. The maximum atomic E-state index is 12.3. The smallest absolute Gasteiger partial charge is 0.410 e. The monoisotopic (exact) mass is 392 g/mol. The lowest BCUT2D eigenvalue weighted by Crippen LogP contribution is -2.33. The van der Waals surface area contributed by atoms with Crippen molar-refractivity contribution in [3.05, 3.63) is 17.5 Å². The summed E-state index contributed by atoms with van der Waals surface area (Å²) in [6.45, 7) is 8.25. The first-order valence-electron chi connectivity index (χ1n) is 8.89. The largest absolute Gasteiger partial charge is 0.444 e. The molecule has 8 nitrogen and oxygen atoms in total. The Balaban J connectivity index is 1.66. The van der Waals surface area contributed by atoms with Crippen LogP contribution in [0.1, 0.15) is 45.4 Å². The van der Waals surface area contributed by atoms with Gasteiger partial charge in [-0.25, -0.2) is 14.8 Å². The number of nitrogens with zero attached hydrogens (tertiary/aromatic N) is 4. The predicted molar refractivity (Wildman–Crippen MR) is 101 cm³/mol. The molecule has 3 heterocycles. The van der Waals surface area contributed by atoms with Gasteiger partial charge in [0.2, 0.25) is 11.9 Å². The van der Waals surface area contributed by atoms with Crippen molar-refractivity contribution in [3.63, 3.8) is 0 Å². The Labute approximate surface area is 162 Å². The maximum Gasteiger partial charge on any atom is 0.410 e. The molecular formula is C18H24N4O4S. The molecule has 2 aliphatic heterocycles. The van der Waals surface area contributed by atoms with Crippen molar-refractivity contribution in [1.82, 2.24) is 14.9 Å². The summed E-state index contributed by atoms with van der Waals surface area (Å²) in [6.07, 6.45) is 1.68. The van der Waals surface area contributed by atoms with Crippen LogP contribution in [0, 0.1) is 5.92 Å². The number of hydrogen-bond acceptors (Lipinski definition) is 7. The molecule has 1 aromatic heterocycles. The number of ether oxygens (including phenoxy) is 1. The number of carbonyl (C=O) groups excluding carboxylic acids is 3. The molecule has 0 N–H and O–H groups in total. The van der Waals surface area contributed by atoms with Crippen LogP contribution >= 0.6 is 11.8 Å². The highest BCUT2D eigenvalue weighted by atomic mass is 32.2. The lowest BCUT2D eigenvalue weighted by molar-refractivity contribution is -0.117. The highest BCUT2D eigenvalue weighted by Crippen LogP contribution is 2.28. The summed E-state index contributed by atoms with van der Waals surface area (Å²) >= 11 is 1.24. The van der Waals surface area contributed by atoms with E-state index in [0.29, 0.717) is 37.8 Å². The summed E-state index contributed by atoms with van der Waals surface area (Å²) in [5.41, 5.74) is 1.04. The Kier molecular flexibility index (Phi) is 5.41. The zero-order valence-electron chi connectivity index (χ0n) is 16.0. The van der Waals surface area contributed by atoms with E-state index in [1.54, 1.807) is 16.0 Å². The second-order valence-corrected chi connectivity index (χ2v) is 9.05. The minimum absolute atomic E-state index is 0.0360. The van der Waals surface area contributed by atoms with Crippen LogP contribution in [0.4, 0.5) is 10.7 Å². The van der Waals surface area contributed by atoms with E-state index < -0.39 is 5.60 Å². The molecule has 1 aromatic rings.